The summed E-state index contributed by atoms with van der Waals surface area (Å²) in [6, 6.07) is 0.0859. The van der Waals surface area contributed by atoms with Crippen molar-refractivity contribution in [3.63, 3.8) is 0 Å². The molecule has 1 rings (SSSR count). The van der Waals surface area contributed by atoms with Crippen LogP contribution in [-0.2, 0) is 9.53 Å². The van der Waals surface area contributed by atoms with E-state index in [2.05, 4.69) is 18.2 Å². The molecule has 0 aromatic heterocycles. The van der Waals surface area contributed by atoms with Gasteiger partial charge in [-0.3, -0.25) is 4.79 Å². The summed E-state index contributed by atoms with van der Waals surface area (Å²) < 4.78 is 5.68. The Labute approximate surface area is 104 Å². The van der Waals surface area contributed by atoms with Gasteiger partial charge in [-0.1, -0.05) is 13.8 Å². The van der Waals surface area contributed by atoms with Gasteiger partial charge in [-0.25, -0.2) is 0 Å². The van der Waals surface area contributed by atoms with Crippen LogP contribution in [0.1, 0.15) is 40.5 Å². The Morgan fingerprint density at radius 2 is 2.06 bits per heavy atom. The third-order valence-corrected chi connectivity index (χ3v) is 3.75. The topological polar surface area (TPSA) is 38.3 Å². The van der Waals surface area contributed by atoms with Crippen LogP contribution in [0.4, 0.5) is 0 Å². The van der Waals surface area contributed by atoms with E-state index in [4.69, 9.17) is 11.2 Å². The van der Waals surface area contributed by atoms with Crippen molar-refractivity contribution in [1.82, 2.24) is 5.32 Å². The van der Waals surface area contributed by atoms with Gasteiger partial charge in [-0.2, -0.15) is 0 Å². The van der Waals surface area contributed by atoms with Gasteiger partial charge in [0.25, 0.3) is 0 Å². The number of ether oxygens (including phenoxy) is 1. The van der Waals surface area contributed by atoms with Gasteiger partial charge >= 0.3 is 0 Å². The standard InChI is InChI=1S/C14H23NO2/c1-6-8-12(7-2)15-14(16)13-9(3)10(4)17-11(13)5/h1,9-13H,7-8H2,2-5H3,(H,15,16). The molecule has 1 N–H and O–H groups in total. The maximum Gasteiger partial charge on any atom is 0.226 e. The van der Waals surface area contributed by atoms with Crippen LogP contribution in [-0.4, -0.2) is 24.2 Å². The summed E-state index contributed by atoms with van der Waals surface area (Å²) in [6.07, 6.45) is 6.88. The lowest BCUT2D eigenvalue weighted by Gasteiger charge is -2.21. The van der Waals surface area contributed by atoms with E-state index in [9.17, 15) is 4.79 Å². The van der Waals surface area contributed by atoms with Gasteiger partial charge in [-0.05, 0) is 26.2 Å². The van der Waals surface area contributed by atoms with Crippen molar-refractivity contribution >= 4 is 5.91 Å². The Morgan fingerprint density at radius 3 is 2.47 bits per heavy atom. The van der Waals surface area contributed by atoms with Crippen LogP contribution in [0, 0.1) is 24.2 Å². The highest BCUT2D eigenvalue weighted by atomic mass is 16.5. The number of rotatable bonds is 4. The van der Waals surface area contributed by atoms with Crippen molar-refractivity contribution < 1.29 is 9.53 Å². The molecule has 1 aliphatic rings. The molecule has 5 atom stereocenters. The minimum absolute atomic E-state index is 0.0108. The summed E-state index contributed by atoms with van der Waals surface area (Å²) in [5, 5.41) is 3.03. The molecule has 3 nitrogen and oxygen atoms in total. The third-order valence-electron chi connectivity index (χ3n) is 3.75. The molecule has 0 radical (unpaired) electrons. The molecule has 0 bridgehead atoms. The summed E-state index contributed by atoms with van der Waals surface area (Å²) in [7, 11) is 0. The third kappa shape index (κ3) is 3.23. The number of hydrogen-bond acceptors (Lipinski definition) is 2. The molecule has 0 spiro atoms. The summed E-state index contributed by atoms with van der Waals surface area (Å²) >= 11 is 0. The predicted octanol–water partition coefficient (Wildman–Crippen LogP) is 1.96. The number of hydrogen-bond donors (Lipinski definition) is 1. The lowest BCUT2D eigenvalue weighted by atomic mass is 9.88. The van der Waals surface area contributed by atoms with Gasteiger partial charge in [0.05, 0.1) is 18.1 Å². The fourth-order valence-electron chi connectivity index (χ4n) is 2.46. The zero-order valence-corrected chi connectivity index (χ0v) is 11.2. The molecule has 0 aliphatic carbocycles. The highest BCUT2D eigenvalue weighted by Gasteiger charge is 2.41. The molecule has 1 amide bonds. The molecule has 0 aromatic rings. The molecule has 1 aliphatic heterocycles. The first-order chi connectivity index (χ1) is 8.01. The Kier molecular flexibility index (Phi) is 5.02. The van der Waals surface area contributed by atoms with Crippen LogP contribution in [0.3, 0.4) is 0 Å². The van der Waals surface area contributed by atoms with Gasteiger partial charge in [0.1, 0.15) is 0 Å². The molecule has 0 saturated carbocycles. The first-order valence-electron chi connectivity index (χ1n) is 6.40. The fourth-order valence-corrected chi connectivity index (χ4v) is 2.46. The smallest absolute Gasteiger partial charge is 0.226 e. The molecule has 96 valence electrons. The summed E-state index contributed by atoms with van der Waals surface area (Å²) in [4.78, 5) is 12.2. The SMILES string of the molecule is C#CCC(CC)NC(=O)C1C(C)OC(C)C1C. The van der Waals surface area contributed by atoms with E-state index >= 15 is 0 Å². The van der Waals surface area contributed by atoms with Crippen LogP contribution in [0.5, 0.6) is 0 Å². The minimum Gasteiger partial charge on any atom is -0.374 e. The largest absolute Gasteiger partial charge is 0.374 e. The van der Waals surface area contributed by atoms with Crippen LogP contribution in [0.2, 0.25) is 0 Å². The molecule has 3 heteroatoms. The van der Waals surface area contributed by atoms with Crippen LogP contribution in [0.15, 0.2) is 0 Å². The predicted molar refractivity (Wildman–Crippen MR) is 68.3 cm³/mol. The molecule has 17 heavy (non-hydrogen) atoms. The maximum atomic E-state index is 12.2. The Hall–Kier alpha value is -1.01. The van der Waals surface area contributed by atoms with Crippen molar-refractivity contribution in [2.45, 2.75) is 58.8 Å². The van der Waals surface area contributed by atoms with E-state index in [0.29, 0.717) is 6.42 Å². The second-order valence-electron chi connectivity index (χ2n) is 4.95. The number of nitrogens with one attached hydrogen (secondary N) is 1. The number of terminal acetylenes is 1. The molecule has 0 aromatic carbocycles. The van der Waals surface area contributed by atoms with E-state index in [1.165, 1.54) is 0 Å². The molecule has 1 saturated heterocycles. The first kappa shape index (κ1) is 14.1. The highest BCUT2D eigenvalue weighted by molar-refractivity contribution is 5.80. The second kappa shape index (κ2) is 6.07. The number of carbonyl (C=O) groups excluding carboxylic acids is 1. The normalized spacial score (nSPS) is 34.1. The van der Waals surface area contributed by atoms with Gasteiger partial charge in [0, 0.05) is 12.5 Å². The molecule has 5 unspecified atom stereocenters. The monoisotopic (exact) mass is 237 g/mol. The van der Waals surface area contributed by atoms with Gasteiger partial charge in [0.2, 0.25) is 5.91 Å². The Morgan fingerprint density at radius 1 is 1.41 bits per heavy atom. The number of carbonyl (C=O) groups is 1. The van der Waals surface area contributed by atoms with Crippen molar-refractivity contribution in [2.24, 2.45) is 11.8 Å². The Balaban J connectivity index is 2.61. The molecular formula is C14H23NO2. The van der Waals surface area contributed by atoms with E-state index < -0.39 is 0 Å². The van der Waals surface area contributed by atoms with Crippen molar-refractivity contribution in [3.8, 4) is 12.3 Å². The molecule has 1 heterocycles. The summed E-state index contributed by atoms with van der Waals surface area (Å²) in [6.45, 7) is 8.09. The molecule has 1 fully saturated rings. The lowest BCUT2D eigenvalue weighted by molar-refractivity contribution is -0.127. The molecular weight excluding hydrogens is 214 g/mol. The lowest BCUT2D eigenvalue weighted by Crippen LogP contribution is -2.42. The van der Waals surface area contributed by atoms with E-state index in [-0.39, 0.29) is 36.0 Å². The summed E-state index contributed by atoms with van der Waals surface area (Å²) in [5.41, 5.74) is 0. The van der Waals surface area contributed by atoms with Gasteiger partial charge in [-0.15, -0.1) is 12.3 Å². The average Bonchev–Trinajstić information content (AvgIpc) is 2.52. The van der Waals surface area contributed by atoms with Crippen LogP contribution >= 0.6 is 0 Å². The zero-order chi connectivity index (χ0) is 13.0. The van der Waals surface area contributed by atoms with Crippen LogP contribution in [0.25, 0.3) is 0 Å². The van der Waals surface area contributed by atoms with E-state index in [1.807, 2.05) is 20.8 Å². The van der Waals surface area contributed by atoms with Crippen molar-refractivity contribution in [1.29, 1.82) is 0 Å². The first-order valence-corrected chi connectivity index (χ1v) is 6.40. The van der Waals surface area contributed by atoms with Crippen molar-refractivity contribution in [2.75, 3.05) is 0 Å². The number of amides is 1. The van der Waals surface area contributed by atoms with Crippen molar-refractivity contribution in [3.05, 3.63) is 0 Å². The van der Waals surface area contributed by atoms with Gasteiger partial charge in [0.15, 0.2) is 0 Å². The Bertz CT molecular complexity index is 308. The quantitative estimate of drug-likeness (QED) is 0.759. The minimum atomic E-state index is -0.0585. The average molecular weight is 237 g/mol. The second-order valence-corrected chi connectivity index (χ2v) is 4.95. The summed E-state index contributed by atoms with van der Waals surface area (Å²) in [5.74, 6) is 2.88. The maximum absolute atomic E-state index is 12.2. The van der Waals surface area contributed by atoms with Crippen LogP contribution < -0.4 is 5.32 Å². The fraction of sp³-hybridized carbons (Fsp3) is 0.786. The highest BCUT2D eigenvalue weighted by Crippen LogP contribution is 2.32. The van der Waals surface area contributed by atoms with E-state index in [1.54, 1.807) is 0 Å². The zero-order valence-electron chi connectivity index (χ0n) is 11.2. The van der Waals surface area contributed by atoms with E-state index in [0.717, 1.165) is 6.42 Å². The van der Waals surface area contributed by atoms with Gasteiger partial charge < -0.3 is 10.1 Å².